The Morgan fingerprint density at radius 2 is 1.37 bits per heavy atom. The third kappa shape index (κ3) is 11.2. The first kappa shape index (κ1) is 38.6. The number of carbonyl (C=O) groups is 1. The molecule has 278 valence electrons. The Morgan fingerprint density at radius 3 is 2.00 bits per heavy atom. The van der Waals surface area contributed by atoms with Crippen molar-refractivity contribution in [3.63, 3.8) is 0 Å². The van der Waals surface area contributed by atoms with E-state index in [4.69, 9.17) is 4.74 Å². The number of carbonyl (C=O) groups excluding carboxylic acids is 1. The second-order valence-electron chi connectivity index (χ2n) is 11.3. The van der Waals surface area contributed by atoms with Crippen molar-refractivity contribution in [3.05, 3.63) is 120 Å². The molecule has 6 aromatic rings. The van der Waals surface area contributed by atoms with Gasteiger partial charge in [-0.3, -0.25) is 4.79 Å². The minimum Gasteiger partial charge on any atom is -0.466 e. The van der Waals surface area contributed by atoms with Crippen LogP contribution in [0.3, 0.4) is 0 Å². The molecule has 0 amide bonds. The molecule has 0 aliphatic heterocycles. The first-order valence-electron chi connectivity index (χ1n) is 16.1. The van der Waals surface area contributed by atoms with Crippen molar-refractivity contribution in [3.8, 4) is 22.4 Å². The molecule has 0 atom stereocenters. The number of aryl methyl sites for hydroxylation is 2. The van der Waals surface area contributed by atoms with Gasteiger partial charge in [0.15, 0.2) is 0 Å². The molecule has 2 aromatic carbocycles. The summed E-state index contributed by atoms with van der Waals surface area (Å²) in [7, 11) is 0. The Bertz CT molecular complexity index is 2190. The average Bonchev–Trinajstić information content (AvgIpc) is 3.14. The molecule has 4 heterocycles. The molecule has 54 heavy (non-hydrogen) atoms. The summed E-state index contributed by atoms with van der Waals surface area (Å²) in [5.74, 6) is -0.584. The zero-order valence-corrected chi connectivity index (χ0v) is 28.5. The number of hydrogen-bond donors (Lipinski definition) is 2. The maximum Gasteiger partial charge on any atom is 0.433 e. The Hall–Kier alpha value is -6.59. The minimum atomic E-state index is -4.55. The molecule has 0 bridgehead atoms. The second kappa shape index (κ2) is 17.3. The number of aromatic nitrogens is 8. The smallest absolute Gasteiger partial charge is 0.433 e. The van der Waals surface area contributed by atoms with Crippen LogP contribution in [-0.4, -0.2) is 52.7 Å². The van der Waals surface area contributed by atoms with Crippen molar-refractivity contribution >= 4 is 29.2 Å². The van der Waals surface area contributed by atoms with E-state index in [0.29, 0.717) is 41.4 Å². The predicted octanol–water partition coefficient (Wildman–Crippen LogP) is 8.20. The SMILES string of the molecule is CCOC(=O)CCc1cc(-c2cccc(Nc3nccc(C(F)(F)F)n3)c2)ncn1.Cc1cc(Nc2nccc(C(F)(F)F)n2)cc(-c2ccnnc2)c1. The summed E-state index contributed by atoms with van der Waals surface area (Å²) in [5.41, 5.74) is 3.70. The lowest BCUT2D eigenvalue weighted by atomic mass is 10.0. The van der Waals surface area contributed by atoms with Gasteiger partial charge in [0, 0.05) is 47.0 Å². The van der Waals surface area contributed by atoms with Crippen LogP contribution in [0.15, 0.2) is 97.8 Å². The fourth-order valence-corrected chi connectivity index (χ4v) is 4.81. The molecule has 6 rings (SSSR count). The van der Waals surface area contributed by atoms with Crippen molar-refractivity contribution in [1.29, 1.82) is 0 Å². The first-order valence-corrected chi connectivity index (χ1v) is 16.1. The van der Waals surface area contributed by atoms with Gasteiger partial charge in [-0.25, -0.2) is 29.9 Å². The largest absolute Gasteiger partial charge is 0.466 e. The molecule has 0 saturated carbocycles. The number of hydrogen-bond acceptors (Lipinski definition) is 12. The average molecular weight is 749 g/mol. The highest BCUT2D eigenvalue weighted by Crippen LogP contribution is 2.30. The maximum absolute atomic E-state index is 12.8. The molecule has 0 radical (unpaired) electrons. The van der Waals surface area contributed by atoms with Crippen LogP contribution >= 0.6 is 0 Å². The van der Waals surface area contributed by atoms with E-state index >= 15 is 0 Å². The van der Waals surface area contributed by atoms with Crippen LogP contribution < -0.4 is 10.6 Å². The number of rotatable bonds is 10. The van der Waals surface area contributed by atoms with Gasteiger partial charge in [0.1, 0.15) is 17.7 Å². The van der Waals surface area contributed by atoms with E-state index in [1.165, 1.54) is 6.33 Å². The molecule has 4 aromatic heterocycles. The molecule has 0 unspecified atom stereocenters. The minimum absolute atomic E-state index is 0.116. The Morgan fingerprint density at radius 1 is 0.704 bits per heavy atom. The lowest BCUT2D eigenvalue weighted by Gasteiger charge is -2.11. The van der Waals surface area contributed by atoms with E-state index < -0.39 is 23.7 Å². The summed E-state index contributed by atoms with van der Waals surface area (Å²) in [6, 6.07) is 17.6. The van der Waals surface area contributed by atoms with Crippen molar-refractivity contribution in [2.45, 2.75) is 39.0 Å². The normalized spacial score (nSPS) is 11.3. The predicted molar refractivity (Wildman–Crippen MR) is 185 cm³/mol. The van der Waals surface area contributed by atoms with Crippen LogP contribution in [-0.2, 0) is 28.3 Å². The molecule has 0 fully saturated rings. The lowest BCUT2D eigenvalue weighted by molar-refractivity contribution is -0.143. The fourth-order valence-electron chi connectivity index (χ4n) is 4.81. The fraction of sp³-hybridized carbons (Fsp3) is 0.194. The highest BCUT2D eigenvalue weighted by Gasteiger charge is 2.33. The Kier molecular flexibility index (Phi) is 12.4. The number of benzene rings is 2. The molecule has 0 aliphatic rings. The Balaban J connectivity index is 0.000000213. The molecule has 0 aliphatic carbocycles. The van der Waals surface area contributed by atoms with Crippen LogP contribution in [0.5, 0.6) is 0 Å². The monoisotopic (exact) mass is 748 g/mol. The number of halogens is 6. The molecule has 18 heteroatoms. The van der Waals surface area contributed by atoms with Crippen LogP contribution in [0, 0.1) is 6.92 Å². The van der Waals surface area contributed by atoms with E-state index in [2.05, 4.69) is 50.7 Å². The summed E-state index contributed by atoms with van der Waals surface area (Å²) in [5, 5.41) is 13.1. The molecule has 0 spiro atoms. The second-order valence-corrected chi connectivity index (χ2v) is 11.3. The lowest BCUT2D eigenvalue weighted by Crippen LogP contribution is -2.10. The molecule has 12 nitrogen and oxygen atoms in total. The van der Waals surface area contributed by atoms with Gasteiger partial charge >= 0.3 is 18.3 Å². The number of esters is 1. The van der Waals surface area contributed by atoms with Crippen LogP contribution in [0.2, 0.25) is 0 Å². The first-order chi connectivity index (χ1) is 25.8. The van der Waals surface area contributed by atoms with Crippen molar-refractivity contribution in [2.75, 3.05) is 17.2 Å². The molecular weight excluding hydrogens is 718 g/mol. The van der Waals surface area contributed by atoms with Gasteiger partial charge in [0.05, 0.1) is 31.1 Å². The number of nitrogens with zero attached hydrogens (tertiary/aromatic N) is 8. The van der Waals surface area contributed by atoms with Gasteiger partial charge in [0.25, 0.3) is 0 Å². The van der Waals surface area contributed by atoms with Crippen molar-refractivity contribution in [2.24, 2.45) is 0 Å². The summed E-state index contributed by atoms with van der Waals surface area (Å²) in [6.07, 6.45) is -1.76. The van der Waals surface area contributed by atoms with Gasteiger partial charge in [-0.05, 0) is 73.5 Å². The van der Waals surface area contributed by atoms with E-state index in [-0.39, 0.29) is 24.3 Å². The van der Waals surface area contributed by atoms with Crippen LogP contribution in [0.4, 0.5) is 49.6 Å². The summed E-state index contributed by atoms with van der Waals surface area (Å²) in [6.45, 7) is 3.95. The standard InChI is InChI=1S/C20H18F3N5O2.C16H12F3N5/c1-2-30-18(29)7-6-14-11-16(26-12-25-14)13-4-3-5-15(10-13)27-19-24-9-8-17(28-19)20(21,22)23;1-10-6-12(11-2-5-21-22-9-11)8-13(7-10)23-15-20-4-3-14(24-15)16(17,18)19/h3-5,8-12H,2,6-7H2,1H3,(H,24,27,28);2-9H,1H3,(H,20,23,24). The number of anilines is 4. The zero-order chi connectivity index (χ0) is 38.7. The number of alkyl halides is 6. The maximum atomic E-state index is 12.8. The summed E-state index contributed by atoms with van der Waals surface area (Å²) < 4.78 is 81.6. The topological polar surface area (TPSA) is 153 Å². The Labute approximate surface area is 304 Å². The van der Waals surface area contributed by atoms with Crippen molar-refractivity contribution < 1.29 is 35.9 Å². The van der Waals surface area contributed by atoms with Gasteiger partial charge < -0.3 is 15.4 Å². The van der Waals surface area contributed by atoms with E-state index in [9.17, 15) is 31.1 Å². The zero-order valence-electron chi connectivity index (χ0n) is 28.5. The quantitative estimate of drug-likeness (QED) is 0.103. The number of ether oxygens (including phenoxy) is 1. The van der Waals surface area contributed by atoms with E-state index in [0.717, 1.165) is 41.2 Å². The highest BCUT2D eigenvalue weighted by atomic mass is 19.4. The van der Waals surface area contributed by atoms with Gasteiger partial charge in [-0.2, -0.15) is 36.5 Å². The van der Waals surface area contributed by atoms with E-state index in [1.807, 2.05) is 13.0 Å². The van der Waals surface area contributed by atoms with E-state index in [1.54, 1.807) is 67.8 Å². The molecule has 0 saturated heterocycles. The highest BCUT2D eigenvalue weighted by molar-refractivity contribution is 5.71. The van der Waals surface area contributed by atoms with Crippen molar-refractivity contribution in [1.82, 2.24) is 40.1 Å². The van der Waals surface area contributed by atoms with Gasteiger partial charge in [-0.1, -0.05) is 18.2 Å². The third-order valence-corrected chi connectivity index (χ3v) is 7.17. The third-order valence-electron chi connectivity index (χ3n) is 7.17. The van der Waals surface area contributed by atoms with Crippen LogP contribution in [0.25, 0.3) is 22.4 Å². The number of nitrogens with one attached hydrogen (secondary N) is 2. The summed E-state index contributed by atoms with van der Waals surface area (Å²) >= 11 is 0. The van der Waals surface area contributed by atoms with Gasteiger partial charge in [0.2, 0.25) is 11.9 Å². The van der Waals surface area contributed by atoms with Gasteiger partial charge in [-0.15, -0.1) is 0 Å². The van der Waals surface area contributed by atoms with Crippen LogP contribution in [0.1, 0.15) is 36.0 Å². The molecule has 2 N–H and O–H groups in total. The molecular formula is C36H30F6N10O2. The summed E-state index contributed by atoms with van der Waals surface area (Å²) in [4.78, 5) is 34.6.